The Bertz CT molecular complexity index is 852. The smallest absolute Gasteiger partial charge is 0.251 e. The molecule has 3 N–H and O–H groups in total. The van der Waals surface area contributed by atoms with E-state index in [1.54, 1.807) is 67.6 Å². The molecule has 2 aromatic carbocycles. The SMILES string of the molecule is CCN(CC(=O)Nc1ccc(OC)cc1)CC(=O)Nc1cccc(C(=O)NC)c1. The number of anilines is 2. The van der Waals surface area contributed by atoms with E-state index in [-0.39, 0.29) is 30.8 Å². The van der Waals surface area contributed by atoms with E-state index >= 15 is 0 Å². The number of benzene rings is 2. The van der Waals surface area contributed by atoms with Gasteiger partial charge in [0.15, 0.2) is 0 Å². The highest BCUT2D eigenvalue weighted by molar-refractivity contribution is 5.98. The first-order chi connectivity index (χ1) is 13.9. The Morgan fingerprint density at radius 1 is 0.931 bits per heavy atom. The van der Waals surface area contributed by atoms with Crippen LogP contribution in [-0.4, -0.2) is 56.4 Å². The third kappa shape index (κ3) is 6.93. The van der Waals surface area contributed by atoms with Gasteiger partial charge in [-0.15, -0.1) is 0 Å². The summed E-state index contributed by atoms with van der Waals surface area (Å²) >= 11 is 0. The molecular formula is C21H26N4O4. The van der Waals surface area contributed by atoms with Crippen molar-refractivity contribution < 1.29 is 19.1 Å². The number of methoxy groups -OCH3 is 1. The largest absolute Gasteiger partial charge is 0.497 e. The number of likely N-dealkylation sites (N-methyl/N-ethyl adjacent to an activating group) is 1. The normalized spacial score (nSPS) is 10.3. The molecule has 0 atom stereocenters. The van der Waals surface area contributed by atoms with Crippen LogP contribution in [0.4, 0.5) is 11.4 Å². The fourth-order valence-corrected chi connectivity index (χ4v) is 2.64. The standard InChI is InChI=1S/C21H26N4O4/c1-4-25(13-19(26)23-16-8-10-18(29-3)11-9-16)14-20(27)24-17-7-5-6-15(12-17)21(28)22-2/h5-12H,4,13-14H2,1-3H3,(H,22,28)(H,23,26)(H,24,27). The highest BCUT2D eigenvalue weighted by Gasteiger charge is 2.14. The average molecular weight is 398 g/mol. The molecule has 2 aromatic rings. The first kappa shape index (κ1) is 21.9. The summed E-state index contributed by atoms with van der Waals surface area (Å²) in [4.78, 5) is 38.0. The predicted molar refractivity (Wildman–Crippen MR) is 112 cm³/mol. The van der Waals surface area contributed by atoms with Crippen LogP contribution in [0.25, 0.3) is 0 Å². The van der Waals surface area contributed by atoms with E-state index in [0.29, 0.717) is 29.2 Å². The minimum Gasteiger partial charge on any atom is -0.497 e. The van der Waals surface area contributed by atoms with Crippen LogP contribution >= 0.6 is 0 Å². The van der Waals surface area contributed by atoms with Gasteiger partial charge < -0.3 is 20.7 Å². The Morgan fingerprint density at radius 2 is 1.55 bits per heavy atom. The lowest BCUT2D eigenvalue weighted by Crippen LogP contribution is -2.38. The van der Waals surface area contributed by atoms with Crippen LogP contribution in [0.5, 0.6) is 5.75 Å². The molecule has 0 aromatic heterocycles. The van der Waals surface area contributed by atoms with E-state index in [4.69, 9.17) is 4.74 Å². The first-order valence-electron chi connectivity index (χ1n) is 9.23. The van der Waals surface area contributed by atoms with Crippen LogP contribution in [0.3, 0.4) is 0 Å². The molecule has 0 aliphatic heterocycles. The van der Waals surface area contributed by atoms with Crippen molar-refractivity contribution in [2.24, 2.45) is 0 Å². The summed E-state index contributed by atoms with van der Waals surface area (Å²) in [7, 11) is 3.12. The summed E-state index contributed by atoms with van der Waals surface area (Å²) in [5.74, 6) is -0.00795. The van der Waals surface area contributed by atoms with Crippen LogP contribution in [-0.2, 0) is 9.59 Å². The first-order valence-corrected chi connectivity index (χ1v) is 9.23. The van der Waals surface area contributed by atoms with E-state index < -0.39 is 0 Å². The molecule has 3 amide bonds. The summed E-state index contributed by atoms with van der Waals surface area (Å²) in [6.45, 7) is 2.53. The number of hydrogen-bond acceptors (Lipinski definition) is 5. The zero-order chi connectivity index (χ0) is 21.2. The van der Waals surface area contributed by atoms with Gasteiger partial charge in [0.25, 0.3) is 5.91 Å². The zero-order valence-corrected chi connectivity index (χ0v) is 16.8. The van der Waals surface area contributed by atoms with Gasteiger partial charge in [-0.1, -0.05) is 13.0 Å². The summed E-state index contributed by atoms with van der Waals surface area (Å²) in [6, 6.07) is 13.7. The second kappa shape index (κ2) is 10.8. The Morgan fingerprint density at radius 3 is 2.10 bits per heavy atom. The topological polar surface area (TPSA) is 99.8 Å². The van der Waals surface area contributed by atoms with Crippen molar-refractivity contribution in [3.05, 3.63) is 54.1 Å². The predicted octanol–water partition coefficient (Wildman–Crippen LogP) is 1.95. The van der Waals surface area contributed by atoms with Gasteiger partial charge in [0.1, 0.15) is 5.75 Å². The molecular weight excluding hydrogens is 372 g/mol. The van der Waals surface area contributed by atoms with Crippen LogP contribution < -0.4 is 20.7 Å². The van der Waals surface area contributed by atoms with Crippen molar-refractivity contribution in [1.29, 1.82) is 0 Å². The molecule has 2 rings (SSSR count). The quantitative estimate of drug-likeness (QED) is 0.600. The van der Waals surface area contributed by atoms with Crippen molar-refractivity contribution in [3.63, 3.8) is 0 Å². The van der Waals surface area contributed by atoms with Crippen molar-refractivity contribution in [1.82, 2.24) is 10.2 Å². The number of hydrogen-bond donors (Lipinski definition) is 3. The summed E-state index contributed by atoms with van der Waals surface area (Å²) in [6.07, 6.45) is 0. The van der Waals surface area contributed by atoms with Crippen LogP contribution in [0.2, 0.25) is 0 Å². The lowest BCUT2D eigenvalue weighted by molar-refractivity contribution is -0.119. The Balaban J connectivity index is 1.88. The number of ether oxygens (including phenoxy) is 1. The van der Waals surface area contributed by atoms with Gasteiger partial charge >= 0.3 is 0 Å². The fraction of sp³-hybridized carbons (Fsp3) is 0.286. The van der Waals surface area contributed by atoms with Crippen molar-refractivity contribution in [2.45, 2.75) is 6.92 Å². The number of carbonyl (C=O) groups is 3. The van der Waals surface area contributed by atoms with Gasteiger partial charge in [-0.3, -0.25) is 19.3 Å². The molecule has 0 spiro atoms. The third-order valence-electron chi connectivity index (χ3n) is 4.19. The van der Waals surface area contributed by atoms with E-state index in [1.807, 2.05) is 6.92 Å². The van der Waals surface area contributed by atoms with E-state index in [1.165, 1.54) is 0 Å². The summed E-state index contributed by atoms with van der Waals surface area (Å²) in [5.41, 5.74) is 1.63. The molecule has 154 valence electrons. The molecule has 0 saturated carbocycles. The zero-order valence-electron chi connectivity index (χ0n) is 16.8. The highest BCUT2D eigenvalue weighted by Crippen LogP contribution is 2.15. The van der Waals surface area contributed by atoms with Gasteiger partial charge in [-0.25, -0.2) is 0 Å². The van der Waals surface area contributed by atoms with Gasteiger partial charge in [-0.05, 0) is 49.0 Å². The average Bonchev–Trinajstić information content (AvgIpc) is 2.73. The second-order valence-electron chi connectivity index (χ2n) is 6.29. The lowest BCUT2D eigenvalue weighted by Gasteiger charge is -2.19. The Labute approximate surface area is 170 Å². The van der Waals surface area contributed by atoms with Crippen molar-refractivity contribution in [3.8, 4) is 5.75 Å². The maximum Gasteiger partial charge on any atom is 0.251 e. The number of amides is 3. The molecule has 0 bridgehead atoms. The van der Waals surface area contributed by atoms with Gasteiger partial charge in [0.05, 0.1) is 20.2 Å². The maximum absolute atomic E-state index is 12.3. The minimum atomic E-state index is -0.266. The van der Waals surface area contributed by atoms with Crippen molar-refractivity contribution in [2.75, 3.05) is 44.4 Å². The molecule has 0 fully saturated rings. The molecule has 0 aliphatic rings. The molecule has 29 heavy (non-hydrogen) atoms. The Kier molecular flexibility index (Phi) is 8.17. The second-order valence-corrected chi connectivity index (χ2v) is 6.29. The van der Waals surface area contributed by atoms with Crippen LogP contribution in [0.1, 0.15) is 17.3 Å². The van der Waals surface area contributed by atoms with Gasteiger partial charge in [0.2, 0.25) is 11.8 Å². The summed E-state index contributed by atoms with van der Waals surface area (Å²) < 4.78 is 5.09. The molecule has 0 aliphatic carbocycles. The molecule has 8 heteroatoms. The third-order valence-corrected chi connectivity index (χ3v) is 4.19. The lowest BCUT2D eigenvalue weighted by atomic mass is 10.2. The highest BCUT2D eigenvalue weighted by atomic mass is 16.5. The Hall–Kier alpha value is -3.39. The number of nitrogens with zero attached hydrogens (tertiary/aromatic N) is 1. The van der Waals surface area contributed by atoms with Gasteiger partial charge in [-0.2, -0.15) is 0 Å². The van der Waals surface area contributed by atoms with Crippen molar-refractivity contribution >= 4 is 29.1 Å². The number of rotatable bonds is 9. The monoisotopic (exact) mass is 398 g/mol. The number of nitrogens with one attached hydrogen (secondary N) is 3. The minimum absolute atomic E-state index is 0.0523. The molecule has 8 nitrogen and oxygen atoms in total. The summed E-state index contributed by atoms with van der Waals surface area (Å²) in [5, 5.41) is 8.09. The maximum atomic E-state index is 12.3. The molecule has 0 heterocycles. The van der Waals surface area contributed by atoms with E-state index in [0.717, 1.165) is 0 Å². The van der Waals surface area contributed by atoms with E-state index in [9.17, 15) is 14.4 Å². The molecule has 0 unspecified atom stereocenters. The fourth-order valence-electron chi connectivity index (χ4n) is 2.64. The molecule has 0 radical (unpaired) electrons. The van der Waals surface area contributed by atoms with Crippen LogP contribution in [0, 0.1) is 0 Å². The van der Waals surface area contributed by atoms with E-state index in [2.05, 4.69) is 16.0 Å². The van der Waals surface area contributed by atoms with Crippen LogP contribution in [0.15, 0.2) is 48.5 Å². The molecule has 0 saturated heterocycles. The van der Waals surface area contributed by atoms with Gasteiger partial charge in [0, 0.05) is 24.0 Å². The number of carbonyl (C=O) groups excluding carboxylic acids is 3.